The molecule has 4 rings (SSSR count). The van der Waals surface area contributed by atoms with E-state index in [0.29, 0.717) is 22.8 Å². The summed E-state index contributed by atoms with van der Waals surface area (Å²) in [6.07, 6.45) is 4.21. The van der Waals surface area contributed by atoms with Gasteiger partial charge in [-0.05, 0) is 67.8 Å². The number of allylic oxidation sites excluding steroid dienone is 2. The normalized spacial score (nSPS) is 22.4. The van der Waals surface area contributed by atoms with Crippen molar-refractivity contribution in [2.24, 2.45) is 17.8 Å². The number of methoxy groups -OCH3 is 1. The Hall–Kier alpha value is -3.45. The minimum Gasteiger partial charge on any atom is -0.497 e. The van der Waals surface area contributed by atoms with Crippen LogP contribution in [0.4, 0.5) is 0 Å². The second-order valence-electron chi connectivity index (χ2n) is 8.57. The number of carbonyl (C=O) groups is 4. The van der Waals surface area contributed by atoms with Crippen LogP contribution in [0, 0.1) is 17.8 Å². The third kappa shape index (κ3) is 4.12. The first-order valence-corrected chi connectivity index (χ1v) is 11.4. The minimum atomic E-state index is -1.12. The molecule has 4 atom stereocenters. The summed E-state index contributed by atoms with van der Waals surface area (Å²) in [6.45, 7) is 3.39. The molecule has 7 nitrogen and oxygen atoms in total. The molecule has 3 amide bonds. The van der Waals surface area contributed by atoms with Crippen molar-refractivity contribution >= 4 is 35.1 Å². The van der Waals surface area contributed by atoms with Crippen LogP contribution in [0.25, 0.3) is 0 Å². The highest BCUT2D eigenvalue weighted by atomic mass is 35.5. The lowest BCUT2D eigenvalue weighted by molar-refractivity contribution is -0.156. The number of ketones is 1. The molecular weight excluding hydrogens is 456 g/mol. The smallest absolute Gasteiger partial charge is 0.273 e. The van der Waals surface area contributed by atoms with Crippen LogP contribution >= 0.6 is 11.6 Å². The Kier molecular flexibility index (Phi) is 6.57. The van der Waals surface area contributed by atoms with Gasteiger partial charge in [0.15, 0.2) is 5.78 Å². The zero-order chi connectivity index (χ0) is 24.6. The van der Waals surface area contributed by atoms with E-state index in [2.05, 4.69) is 0 Å². The molecule has 0 spiro atoms. The molecule has 8 heteroatoms. The lowest BCUT2D eigenvalue weighted by Gasteiger charge is -2.34. The number of amides is 3. The largest absolute Gasteiger partial charge is 0.497 e. The molecule has 0 aromatic heterocycles. The Bertz CT molecular complexity index is 1160. The van der Waals surface area contributed by atoms with E-state index in [9.17, 15) is 19.2 Å². The van der Waals surface area contributed by atoms with E-state index in [0.717, 1.165) is 10.0 Å². The number of hydrogen-bond acceptors (Lipinski definition) is 5. The highest BCUT2D eigenvalue weighted by molar-refractivity contribution is 6.30. The fourth-order valence-electron chi connectivity index (χ4n) is 4.62. The number of rotatable bonds is 6. The van der Waals surface area contributed by atoms with Gasteiger partial charge in [0.2, 0.25) is 0 Å². The molecular formula is C26H25ClN2O5. The quantitative estimate of drug-likeness (QED) is 0.352. The molecule has 176 valence electrons. The fourth-order valence-corrected chi connectivity index (χ4v) is 4.74. The van der Waals surface area contributed by atoms with E-state index in [1.165, 1.54) is 26.2 Å². The minimum absolute atomic E-state index is 0.153. The number of nitrogens with zero attached hydrogens (tertiary/aromatic N) is 2. The van der Waals surface area contributed by atoms with E-state index in [4.69, 9.17) is 16.3 Å². The molecule has 0 radical (unpaired) electrons. The number of Topliss-reactive ketones (excluding diaryl/α,β-unsaturated/α-hetero) is 1. The molecule has 1 aliphatic carbocycles. The van der Waals surface area contributed by atoms with Crippen molar-refractivity contribution < 1.29 is 23.9 Å². The van der Waals surface area contributed by atoms with Crippen LogP contribution < -0.4 is 4.74 Å². The molecule has 34 heavy (non-hydrogen) atoms. The third-order valence-electron chi connectivity index (χ3n) is 6.49. The molecule has 1 fully saturated rings. The molecule has 0 N–H and O–H groups in total. The fraction of sp³-hybridized carbons (Fsp3) is 0.308. The van der Waals surface area contributed by atoms with E-state index in [1.807, 2.05) is 19.1 Å². The molecule has 2 aromatic rings. The van der Waals surface area contributed by atoms with Gasteiger partial charge in [-0.2, -0.15) is 5.01 Å². The maximum absolute atomic E-state index is 13.6. The van der Waals surface area contributed by atoms with Crippen LogP contribution in [-0.2, 0) is 9.59 Å². The van der Waals surface area contributed by atoms with Crippen LogP contribution in [0.1, 0.15) is 41.0 Å². The van der Waals surface area contributed by atoms with Gasteiger partial charge < -0.3 is 4.74 Å². The Labute approximate surface area is 202 Å². The Morgan fingerprint density at radius 2 is 1.65 bits per heavy atom. The van der Waals surface area contributed by atoms with Gasteiger partial charge in [-0.25, -0.2) is 5.01 Å². The van der Waals surface area contributed by atoms with Crippen LogP contribution in [0.15, 0.2) is 60.7 Å². The second kappa shape index (κ2) is 9.43. The van der Waals surface area contributed by atoms with Crippen molar-refractivity contribution in [1.29, 1.82) is 0 Å². The van der Waals surface area contributed by atoms with Crippen molar-refractivity contribution in [3.63, 3.8) is 0 Å². The number of hydrazine groups is 1. The SMILES string of the molecule is COc1ccc(C(=O)[C@H](C)N(C(=O)c2ccc(Cl)cc2)N2C(=O)[C@H]3[C@H](C)C=CC[C@H]3C2=O)cc1. The number of hydrogen-bond donors (Lipinski definition) is 0. The second-order valence-corrected chi connectivity index (χ2v) is 9.01. The van der Waals surface area contributed by atoms with Gasteiger partial charge in [0, 0.05) is 16.1 Å². The summed E-state index contributed by atoms with van der Waals surface area (Å²) >= 11 is 5.97. The molecule has 0 saturated carbocycles. The van der Waals surface area contributed by atoms with Gasteiger partial charge in [0.05, 0.1) is 18.9 Å². The number of fused-ring (bicyclic) bond motifs is 1. The number of halogens is 1. The van der Waals surface area contributed by atoms with E-state index >= 15 is 0 Å². The summed E-state index contributed by atoms with van der Waals surface area (Å²) in [5.41, 5.74) is 0.536. The van der Waals surface area contributed by atoms with Gasteiger partial charge in [0.25, 0.3) is 17.7 Å². The van der Waals surface area contributed by atoms with E-state index < -0.39 is 41.4 Å². The van der Waals surface area contributed by atoms with Crippen LogP contribution in [0.3, 0.4) is 0 Å². The Balaban J connectivity index is 1.74. The molecule has 2 aliphatic rings. The zero-order valence-electron chi connectivity index (χ0n) is 19.1. The average Bonchev–Trinajstić information content (AvgIpc) is 3.10. The Morgan fingerprint density at radius 3 is 2.24 bits per heavy atom. The highest BCUT2D eigenvalue weighted by Crippen LogP contribution is 2.40. The lowest BCUT2D eigenvalue weighted by atomic mass is 9.78. The first-order chi connectivity index (χ1) is 16.2. The molecule has 0 bridgehead atoms. The predicted molar refractivity (Wildman–Crippen MR) is 126 cm³/mol. The van der Waals surface area contributed by atoms with Crippen molar-refractivity contribution in [2.75, 3.05) is 7.11 Å². The summed E-state index contributed by atoms with van der Waals surface area (Å²) in [7, 11) is 1.52. The van der Waals surface area contributed by atoms with E-state index in [-0.39, 0.29) is 11.5 Å². The summed E-state index contributed by atoms with van der Waals surface area (Å²) in [5.74, 6) is -2.68. The summed E-state index contributed by atoms with van der Waals surface area (Å²) in [4.78, 5) is 53.9. The van der Waals surface area contributed by atoms with Gasteiger partial charge >= 0.3 is 0 Å². The molecule has 1 heterocycles. The van der Waals surface area contributed by atoms with Gasteiger partial charge in [-0.15, -0.1) is 0 Å². The average molecular weight is 481 g/mol. The zero-order valence-corrected chi connectivity index (χ0v) is 19.9. The lowest BCUT2D eigenvalue weighted by Crippen LogP contribution is -2.56. The summed E-state index contributed by atoms with van der Waals surface area (Å²) in [5, 5.41) is 2.33. The number of ether oxygens (including phenoxy) is 1. The number of imide groups is 1. The van der Waals surface area contributed by atoms with Crippen LogP contribution in [-0.4, -0.2) is 46.7 Å². The number of benzene rings is 2. The highest BCUT2D eigenvalue weighted by Gasteiger charge is 2.54. The standard InChI is InChI=1S/C26H25ClN2O5/c1-15-5-4-6-21-22(15)26(33)29(25(21)32)28(24(31)18-7-11-19(27)12-8-18)16(2)23(30)17-9-13-20(34-3)14-10-17/h4-5,7-16,21-22H,6H2,1-3H3/t15-,16+,21-,22+/m1/s1. The summed E-state index contributed by atoms with van der Waals surface area (Å²) in [6, 6.07) is 11.4. The summed E-state index contributed by atoms with van der Waals surface area (Å²) < 4.78 is 5.15. The van der Waals surface area contributed by atoms with Gasteiger partial charge in [0.1, 0.15) is 11.8 Å². The van der Waals surface area contributed by atoms with Crippen molar-refractivity contribution in [3.8, 4) is 5.75 Å². The van der Waals surface area contributed by atoms with Gasteiger partial charge in [-0.3, -0.25) is 19.2 Å². The first-order valence-electron chi connectivity index (χ1n) is 11.1. The topological polar surface area (TPSA) is 84.0 Å². The molecule has 0 unspecified atom stereocenters. The van der Waals surface area contributed by atoms with Gasteiger partial charge in [-0.1, -0.05) is 30.7 Å². The Morgan fingerprint density at radius 1 is 1.03 bits per heavy atom. The molecule has 2 aromatic carbocycles. The molecule has 1 saturated heterocycles. The van der Waals surface area contributed by atoms with E-state index in [1.54, 1.807) is 36.4 Å². The van der Waals surface area contributed by atoms with Crippen molar-refractivity contribution in [3.05, 3.63) is 76.8 Å². The maximum Gasteiger partial charge on any atom is 0.273 e. The molecule has 1 aliphatic heterocycles. The third-order valence-corrected chi connectivity index (χ3v) is 6.74. The van der Waals surface area contributed by atoms with Crippen molar-refractivity contribution in [1.82, 2.24) is 10.0 Å². The maximum atomic E-state index is 13.6. The number of carbonyl (C=O) groups excluding carboxylic acids is 4. The van der Waals surface area contributed by atoms with Crippen LogP contribution in [0.5, 0.6) is 5.75 Å². The predicted octanol–water partition coefficient (Wildman–Crippen LogP) is 4.17. The monoisotopic (exact) mass is 480 g/mol. The first kappa shape index (κ1) is 23.7. The van der Waals surface area contributed by atoms with Crippen molar-refractivity contribution in [2.45, 2.75) is 26.3 Å². The van der Waals surface area contributed by atoms with Crippen LogP contribution in [0.2, 0.25) is 5.02 Å².